The van der Waals surface area contributed by atoms with Crippen molar-refractivity contribution in [1.29, 1.82) is 0 Å². The maximum Gasteiger partial charge on any atom is 0.407 e. The number of alkyl carbamates (subject to hydrolysis) is 1. The van der Waals surface area contributed by atoms with E-state index >= 15 is 0 Å². The van der Waals surface area contributed by atoms with E-state index in [4.69, 9.17) is 15.5 Å². The molecular formula is C14H22N2O4. The van der Waals surface area contributed by atoms with E-state index in [1.807, 2.05) is 0 Å². The van der Waals surface area contributed by atoms with E-state index in [-0.39, 0.29) is 11.9 Å². The summed E-state index contributed by atoms with van der Waals surface area (Å²) in [5.74, 6) is 5.43. The summed E-state index contributed by atoms with van der Waals surface area (Å²) in [4.78, 5) is 16.4. The van der Waals surface area contributed by atoms with E-state index in [1.54, 1.807) is 45.0 Å². The zero-order chi connectivity index (χ0) is 15.2. The molecule has 20 heavy (non-hydrogen) atoms. The second kappa shape index (κ2) is 7.12. The van der Waals surface area contributed by atoms with Crippen molar-refractivity contribution in [2.45, 2.75) is 38.9 Å². The summed E-state index contributed by atoms with van der Waals surface area (Å²) in [5, 5.41) is 11.9. The van der Waals surface area contributed by atoms with E-state index in [9.17, 15) is 9.90 Å². The Hall–Kier alpha value is -1.79. The Morgan fingerprint density at radius 2 is 1.95 bits per heavy atom. The Labute approximate surface area is 118 Å². The van der Waals surface area contributed by atoms with Gasteiger partial charge < -0.3 is 15.2 Å². The van der Waals surface area contributed by atoms with Crippen LogP contribution in [0.2, 0.25) is 0 Å². The lowest BCUT2D eigenvalue weighted by atomic mass is 10.1. The normalized spacial score (nSPS) is 12.8. The Morgan fingerprint density at radius 1 is 1.35 bits per heavy atom. The molecule has 0 saturated heterocycles. The predicted octanol–water partition coefficient (Wildman–Crippen LogP) is 2.24. The maximum atomic E-state index is 11.5. The van der Waals surface area contributed by atoms with Crippen LogP contribution in [0.15, 0.2) is 24.3 Å². The summed E-state index contributed by atoms with van der Waals surface area (Å²) in [6, 6.07) is 6.56. The van der Waals surface area contributed by atoms with Crippen LogP contribution in [0.5, 0.6) is 5.75 Å². The van der Waals surface area contributed by atoms with Gasteiger partial charge in [-0.1, -0.05) is 12.1 Å². The van der Waals surface area contributed by atoms with Gasteiger partial charge in [0, 0.05) is 6.54 Å². The number of phenolic OH excluding ortho intramolecular Hbond substituents is 1. The first-order valence-electron chi connectivity index (χ1n) is 6.43. The zero-order valence-corrected chi connectivity index (χ0v) is 12.1. The molecule has 1 aromatic carbocycles. The molecule has 1 rings (SSSR count). The van der Waals surface area contributed by atoms with Gasteiger partial charge in [-0.05, 0) is 44.9 Å². The van der Waals surface area contributed by atoms with Gasteiger partial charge in [-0.25, -0.2) is 10.7 Å². The molecule has 0 aliphatic rings. The van der Waals surface area contributed by atoms with Crippen molar-refractivity contribution < 1.29 is 19.5 Å². The molecule has 0 spiro atoms. The molecule has 4 N–H and O–H groups in total. The van der Waals surface area contributed by atoms with E-state index in [2.05, 4.69) is 5.32 Å². The number of rotatable bonds is 5. The fourth-order valence-electron chi connectivity index (χ4n) is 1.62. The second-order valence-corrected chi connectivity index (χ2v) is 5.43. The topological polar surface area (TPSA) is 93.8 Å². The molecule has 6 heteroatoms. The van der Waals surface area contributed by atoms with Crippen molar-refractivity contribution in [1.82, 2.24) is 5.32 Å². The number of hydrogen-bond donors (Lipinski definition) is 3. The van der Waals surface area contributed by atoms with E-state index in [0.29, 0.717) is 13.0 Å². The summed E-state index contributed by atoms with van der Waals surface area (Å²) >= 11 is 0. The van der Waals surface area contributed by atoms with Gasteiger partial charge in [-0.3, -0.25) is 4.84 Å². The molecule has 0 aromatic heterocycles. The highest BCUT2D eigenvalue weighted by atomic mass is 16.6. The van der Waals surface area contributed by atoms with Crippen LogP contribution >= 0.6 is 0 Å². The van der Waals surface area contributed by atoms with E-state index in [1.165, 1.54) is 0 Å². The molecule has 1 aromatic rings. The molecule has 0 heterocycles. The molecule has 0 fully saturated rings. The average molecular weight is 282 g/mol. The molecule has 0 saturated carbocycles. The molecule has 0 aliphatic heterocycles. The Bertz CT molecular complexity index is 426. The molecule has 1 amide bonds. The molecule has 1 unspecified atom stereocenters. The Balaban J connectivity index is 2.42. The number of amides is 1. The van der Waals surface area contributed by atoms with Crippen LogP contribution < -0.4 is 11.2 Å². The Kier molecular flexibility index (Phi) is 5.79. The van der Waals surface area contributed by atoms with Crippen LogP contribution in [0.1, 0.15) is 38.9 Å². The highest BCUT2D eigenvalue weighted by Gasteiger charge is 2.17. The summed E-state index contributed by atoms with van der Waals surface area (Å²) in [6.07, 6.45) is -0.329. The molecule has 0 bridgehead atoms. The minimum atomic E-state index is -0.523. The summed E-state index contributed by atoms with van der Waals surface area (Å²) < 4.78 is 5.12. The lowest BCUT2D eigenvalue weighted by Crippen LogP contribution is -2.33. The SMILES string of the molecule is CC(C)(C)OC(=O)NCCC(ON)c1ccc(O)cc1. The van der Waals surface area contributed by atoms with Gasteiger partial charge in [0.1, 0.15) is 17.5 Å². The first kappa shape index (κ1) is 16.3. The van der Waals surface area contributed by atoms with Crippen LogP contribution in [-0.2, 0) is 9.57 Å². The van der Waals surface area contributed by atoms with Crippen LogP contribution in [0, 0.1) is 0 Å². The lowest BCUT2D eigenvalue weighted by molar-refractivity contribution is 0.0398. The van der Waals surface area contributed by atoms with Gasteiger partial charge in [-0.15, -0.1) is 0 Å². The fraction of sp³-hybridized carbons (Fsp3) is 0.500. The first-order chi connectivity index (χ1) is 9.31. The molecule has 0 aliphatic carbocycles. The number of benzene rings is 1. The van der Waals surface area contributed by atoms with Gasteiger partial charge in [0.15, 0.2) is 0 Å². The first-order valence-corrected chi connectivity index (χ1v) is 6.43. The van der Waals surface area contributed by atoms with Crippen LogP contribution in [-0.4, -0.2) is 23.3 Å². The lowest BCUT2D eigenvalue weighted by Gasteiger charge is -2.20. The van der Waals surface area contributed by atoms with E-state index in [0.717, 1.165) is 5.56 Å². The number of carbonyl (C=O) groups is 1. The monoisotopic (exact) mass is 282 g/mol. The minimum Gasteiger partial charge on any atom is -0.508 e. The molecule has 1 atom stereocenters. The van der Waals surface area contributed by atoms with Crippen molar-refractivity contribution in [3.63, 3.8) is 0 Å². The molecule has 112 valence electrons. The van der Waals surface area contributed by atoms with E-state index < -0.39 is 11.7 Å². The largest absolute Gasteiger partial charge is 0.508 e. The van der Waals surface area contributed by atoms with Crippen molar-refractivity contribution in [2.24, 2.45) is 5.90 Å². The van der Waals surface area contributed by atoms with Crippen LogP contribution in [0.3, 0.4) is 0 Å². The van der Waals surface area contributed by atoms with Gasteiger partial charge in [0.25, 0.3) is 0 Å². The minimum absolute atomic E-state index is 0.177. The highest BCUT2D eigenvalue weighted by Crippen LogP contribution is 2.21. The van der Waals surface area contributed by atoms with Crippen LogP contribution in [0.25, 0.3) is 0 Å². The predicted molar refractivity (Wildman–Crippen MR) is 75.0 cm³/mol. The van der Waals surface area contributed by atoms with Gasteiger partial charge in [0.05, 0.1) is 0 Å². The van der Waals surface area contributed by atoms with Gasteiger partial charge in [0.2, 0.25) is 0 Å². The third-order valence-electron chi connectivity index (χ3n) is 2.50. The quantitative estimate of drug-likeness (QED) is 0.720. The number of nitrogens with one attached hydrogen (secondary N) is 1. The number of nitrogens with two attached hydrogens (primary N) is 1. The van der Waals surface area contributed by atoms with Gasteiger partial charge >= 0.3 is 6.09 Å². The smallest absolute Gasteiger partial charge is 0.407 e. The van der Waals surface area contributed by atoms with Crippen molar-refractivity contribution >= 4 is 6.09 Å². The number of hydrogen-bond acceptors (Lipinski definition) is 5. The molecular weight excluding hydrogens is 260 g/mol. The van der Waals surface area contributed by atoms with Crippen LogP contribution in [0.4, 0.5) is 4.79 Å². The van der Waals surface area contributed by atoms with Crippen molar-refractivity contribution in [2.75, 3.05) is 6.54 Å². The maximum absolute atomic E-state index is 11.5. The third kappa shape index (κ3) is 5.90. The number of phenols is 1. The third-order valence-corrected chi connectivity index (χ3v) is 2.50. The summed E-state index contributed by atoms with van der Waals surface area (Å²) in [5.41, 5.74) is 0.307. The molecule has 6 nitrogen and oxygen atoms in total. The molecule has 0 radical (unpaired) electrons. The summed E-state index contributed by atoms with van der Waals surface area (Å²) in [6.45, 7) is 5.77. The van der Waals surface area contributed by atoms with Gasteiger partial charge in [-0.2, -0.15) is 0 Å². The zero-order valence-electron chi connectivity index (χ0n) is 12.1. The number of aromatic hydroxyl groups is 1. The fourth-order valence-corrected chi connectivity index (χ4v) is 1.62. The van der Waals surface area contributed by atoms with Crippen molar-refractivity contribution in [3.8, 4) is 5.75 Å². The Morgan fingerprint density at radius 3 is 2.45 bits per heavy atom. The highest BCUT2D eigenvalue weighted by molar-refractivity contribution is 5.67. The van der Waals surface area contributed by atoms with Crippen molar-refractivity contribution in [3.05, 3.63) is 29.8 Å². The second-order valence-electron chi connectivity index (χ2n) is 5.43. The number of ether oxygens (including phenoxy) is 1. The standard InChI is InChI=1S/C14H22N2O4/c1-14(2,3)19-13(18)16-9-8-12(20-15)10-4-6-11(17)7-5-10/h4-7,12,17H,8-9,15H2,1-3H3,(H,16,18). The summed E-state index contributed by atoms with van der Waals surface area (Å²) in [7, 11) is 0. The average Bonchev–Trinajstić information content (AvgIpc) is 2.34. The number of carbonyl (C=O) groups excluding carboxylic acids is 1.